The van der Waals surface area contributed by atoms with Crippen LogP contribution in [-0.4, -0.2) is 66.9 Å². The first-order valence-electron chi connectivity index (χ1n) is 6.69. The van der Waals surface area contributed by atoms with E-state index in [1.165, 1.54) is 6.20 Å². The first-order valence-corrected chi connectivity index (χ1v) is 7.07. The molecule has 1 aromatic heterocycles. The van der Waals surface area contributed by atoms with Gasteiger partial charge in [0.2, 0.25) is 0 Å². The summed E-state index contributed by atoms with van der Waals surface area (Å²) in [5.41, 5.74) is 0.489. The van der Waals surface area contributed by atoms with Gasteiger partial charge in [-0.15, -0.1) is 0 Å². The molecular formula is C13H21ClN4O2. The lowest BCUT2D eigenvalue weighted by Crippen LogP contribution is -2.33. The van der Waals surface area contributed by atoms with Crippen molar-refractivity contribution in [3.05, 3.63) is 16.9 Å². The number of nitrogens with one attached hydrogen (secondary N) is 1. The highest BCUT2D eigenvalue weighted by Crippen LogP contribution is 2.21. The van der Waals surface area contributed by atoms with E-state index in [1.54, 1.807) is 11.8 Å². The van der Waals surface area contributed by atoms with Crippen LogP contribution in [0.4, 0.5) is 0 Å². The van der Waals surface area contributed by atoms with Crippen LogP contribution in [0, 0.1) is 0 Å². The Bertz CT molecular complexity index is 475. The minimum Gasteiger partial charge on any atom is -0.380 e. The number of Topliss-reactive ketones (excluding diaryl/α,β-unsaturated/α-hetero) is 1. The number of rotatable bonds is 6. The van der Waals surface area contributed by atoms with Crippen molar-refractivity contribution in [3.63, 3.8) is 0 Å². The van der Waals surface area contributed by atoms with Crippen LogP contribution in [0.15, 0.2) is 6.20 Å². The molecule has 1 N–H and O–H groups in total. The van der Waals surface area contributed by atoms with Gasteiger partial charge in [-0.1, -0.05) is 11.6 Å². The molecule has 2 heterocycles. The highest BCUT2D eigenvalue weighted by atomic mass is 35.5. The van der Waals surface area contributed by atoms with E-state index in [1.807, 2.05) is 19.0 Å². The van der Waals surface area contributed by atoms with Crippen LogP contribution in [0.3, 0.4) is 0 Å². The maximum Gasteiger partial charge on any atom is 0.199 e. The van der Waals surface area contributed by atoms with Gasteiger partial charge in [0.1, 0.15) is 5.69 Å². The van der Waals surface area contributed by atoms with Crippen molar-refractivity contribution in [1.82, 2.24) is 20.0 Å². The highest BCUT2D eigenvalue weighted by Gasteiger charge is 2.32. The zero-order chi connectivity index (χ0) is 14.7. The molecule has 6 nitrogen and oxygen atoms in total. The second-order valence-corrected chi connectivity index (χ2v) is 5.69. The Balaban J connectivity index is 2.11. The van der Waals surface area contributed by atoms with Crippen LogP contribution in [0.5, 0.6) is 0 Å². The number of ketones is 1. The molecule has 2 rings (SSSR count). The highest BCUT2D eigenvalue weighted by molar-refractivity contribution is 6.33. The zero-order valence-corrected chi connectivity index (χ0v) is 12.9. The van der Waals surface area contributed by atoms with Gasteiger partial charge in [-0.05, 0) is 20.5 Å². The predicted octanol–water partition coefficient (Wildman–Crippen LogP) is 0.658. The molecule has 0 aromatic carbocycles. The van der Waals surface area contributed by atoms with Crippen molar-refractivity contribution in [2.24, 2.45) is 0 Å². The number of halogens is 1. The van der Waals surface area contributed by atoms with Crippen LogP contribution >= 0.6 is 11.6 Å². The number of aromatic nitrogens is 2. The fourth-order valence-corrected chi connectivity index (χ4v) is 2.55. The second-order valence-electron chi connectivity index (χ2n) is 5.29. The lowest BCUT2D eigenvalue weighted by atomic mass is 10.1. The number of hydrogen-bond acceptors (Lipinski definition) is 5. The van der Waals surface area contributed by atoms with Crippen molar-refractivity contribution in [2.45, 2.75) is 25.1 Å². The largest absolute Gasteiger partial charge is 0.380 e. The first kappa shape index (κ1) is 15.4. The summed E-state index contributed by atoms with van der Waals surface area (Å²) in [5, 5.41) is 7.79. The Morgan fingerprint density at radius 1 is 1.65 bits per heavy atom. The molecule has 1 aromatic rings. The van der Waals surface area contributed by atoms with Gasteiger partial charge in [0.05, 0.1) is 29.9 Å². The van der Waals surface area contributed by atoms with Gasteiger partial charge in [0, 0.05) is 20.2 Å². The van der Waals surface area contributed by atoms with Crippen LogP contribution in [0.1, 0.15) is 16.9 Å². The Morgan fingerprint density at radius 2 is 2.40 bits per heavy atom. The molecular weight excluding hydrogens is 280 g/mol. The van der Waals surface area contributed by atoms with Crippen molar-refractivity contribution >= 4 is 17.4 Å². The van der Waals surface area contributed by atoms with E-state index < -0.39 is 0 Å². The van der Waals surface area contributed by atoms with Gasteiger partial charge >= 0.3 is 0 Å². The van der Waals surface area contributed by atoms with Crippen LogP contribution in [0.25, 0.3) is 0 Å². The van der Waals surface area contributed by atoms with Gasteiger partial charge in [0.15, 0.2) is 5.78 Å². The van der Waals surface area contributed by atoms with Crippen molar-refractivity contribution in [3.8, 4) is 0 Å². The average molecular weight is 301 g/mol. The molecule has 0 saturated carbocycles. The van der Waals surface area contributed by atoms with Gasteiger partial charge in [-0.2, -0.15) is 5.10 Å². The summed E-state index contributed by atoms with van der Waals surface area (Å²) in [6.07, 6.45) is 2.29. The molecule has 0 radical (unpaired) electrons. The van der Waals surface area contributed by atoms with E-state index in [-0.39, 0.29) is 17.9 Å². The van der Waals surface area contributed by atoms with E-state index in [4.69, 9.17) is 16.3 Å². The number of hydrogen-bond donors (Lipinski definition) is 1. The van der Waals surface area contributed by atoms with Crippen molar-refractivity contribution < 1.29 is 9.53 Å². The summed E-state index contributed by atoms with van der Waals surface area (Å²) in [6, 6.07) is -0.243. The molecule has 112 valence electrons. The molecule has 2 unspecified atom stereocenters. The molecule has 7 heteroatoms. The quantitative estimate of drug-likeness (QED) is 0.782. The van der Waals surface area contributed by atoms with Crippen LogP contribution in [-0.2, 0) is 11.3 Å². The summed E-state index contributed by atoms with van der Waals surface area (Å²) >= 11 is 6.13. The number of methoxy groups -OCH3 is 1. The lowest BCUT2D eigenvalue weighted by molar-refractivity contribution is 0.0908. The van der Waals surface area contributed by atoms with Gasteiger partial charge < -0.3 is 15.0 Å². The fraction of sp³-hybridized carbons (Fsp3) is 0.692. The maximum atomic E-state index is 12.6. The van der Waals surface area contributed by atoms with E-state index in [0.29, 0.717) is 30.2 Å². The molecule has 1 saturated heterocycles. The average Bonchev–Trinajstić information content (AvgIpc) is 3.02. The molecule has 1 aliphatic heterocycles. The smallest absolute Gasteiger partial charge is 0.199 e. The first-order chi connectivity index (χ1) is 9.52. The summed E-state index contributed by atoms with van der Waals surface area (Å²) in [4.78, 5) is 14.6. The van der Waals surface area contributed by atoms with E-state index in [9.17, 15) is 4.79 Å². The third-order valence-corrected chi connectivity index (χ3v) is 3.80. The van der Waals surface area contributed by atoms with Crippen LogP contribution < -0.4 is 5.32 Å². The topological polar surface area (TPSA) is 59.4 Å². The Labute approximate surface area is 124 Å². The van der Waals surface area contributed by atoms with Gasteiger partial charge in [-0.3, -0.25) is 9.48 Å². The molecule has 2 atom stereocenters. The number of nitrogens with zero attached hydrogens (tertiary/aromatic N) is 3. The third-order valence-electron chi connectivity index (χ3n) is 3.53. The summed E-state index contributed by atoms with van der Waals surface area (Å²) in [5.74, 6) is -0.00851. The normalized spacial score (nSPS) is 22.6. The van der Waals surface area contributed by atoms with Crippen LogP contribution in [0.2, 0.25) is 5.02 Å². The second kappa shape index (κ2) is 6.67. The molecule has 1 aliphatic rings. The van der Waals surface area contributed by atoms with Gasteiger partial charge in [-0.25, -0.2) is 0 Å². The predicted molar refractivity (Wildman–Crippen MR) is 77.3 cm³/mol. The Morgan fingerprint density at radius 3 is 3.00 bits per heavy atom. The van der Waals surface area contributed by atoms with E-state index in [2.05, 4.69) is 10.4 Å². The molecule has 0 spiro atoms. The number of carbonyl (C=O) groups is 1. The van der Waals surface area contributed by atoms with E-state index >= 15 is 0 Å². The monoisotopic (exact) mass is 300 g/mol. The van der Waals surface area contributed by atoms with Crippen molar-refractivity contribution in [1.29, 1.82) is 0 Å². The summed E-state index contributed by atoms with van der Waals surface area (Å²) in [6.45, 7) is 2.13. The fourth-order valence-electron chi connectivity index (χ4n) is 2.32. The number of ether oxygens (including phenoxy) is 1. The number of carbonyl (C=O) groups excluding carboxylic acids is 1. The minimum atomic E-state index is -0.243. The maximum absolute atomic E-state index is 12.6. The third kappa shape index (κ3) is 3.38. The zero-order valence-electron chi connectivity index (χ0n) is 12.1. The van der Waals surface area contributed by atoms with E-state index in [0.717, 1.165) is 6.54 Å². The van der Waals surface area contributed by atoms with Gasteiger partial charge in [0.25, 0.3) is 0 Å². The molecule has 0 bridgehead atoms. The SMILES string of the molecule is COC1CNC(C(=O)c2c(Cl)cnn2CCN(C)C)C1. The molecule has 0 aliphatic carbocycles. The number of likely N-dealkylation sites (N-methyl/N-ethyl adjacent to an activating group) is 1. The Kier molecular flexibility index (Phi) is 5.15. The summed E-state index contributed by atoms with van der Waals surface area (Å²) in [7, 11) is 5.62. The lowest BCUT2D eigenvalue weighted by Gasteiger charge is -2.14. The molecule has 20 heavy (non-hydrogen) atoms. The van der Waals surface area contributed by atoms with Crippen molar-refractivity contribution in [2.75, 3.05) is 34.3 Å². The Hall–Kier alpha value is -0.950. The minimum absolute atomic E-state index is 0.00851. The summed E-state index contributed by atoms with van der Waals surface area (Å²) < 4.78 is 6.96. The molecule has 1 fully saturated rings. The molecule has 0 amide bonds. The standard InChI is InChI=1S/C13H21ClN4O2/c1-17(2)4-5-18-12(10(14)8-16-18)13(19)11-6-9(20-3)7-15-11/h8-9,11,15H,4-7H2,1-3H3.